The Morgan fingerprint density at radius 1 is 1.37 bits per heavy atom. The van der Waals surface area contributed by atoms with Gasteiger partial charge in [-0.2, -0.15) is 0 Å². The zero-order chi connectivity index (χ0) is 14.3. The molecular weight excluding hydrogens is 238 g/mol. The summed E-state index contributed by atoms with van der Waals surface area (Å²) >= 11 is 0. The summed E-state index contributed by atoms with van der Waals surface area (Å²) in [5.74, 6) is 0. The average Bonchev–Trinajstić information content (AvgIpc) is 2.84. The quantitative estimate of drug-likeness (QED) is 0.734. The van der Waals surface area contributed by atoms with Gasteiger partial charge in [-0.05, 0) is 44.1 Å². The summed E-state index contributed by atoms with van der Waals surface area (Å²) < 4.78 is 11.5. The number of nitrogens with one attached hydrogen (secondary N) is 1. The molecule has 1 saturated heterocycles. The summed E-state index contributed by atoms with van der Waals surface area (Å²) in [4.78, 5) is 0. The molecule has 0 aromatic heterocycles. The van der Waals surface area contributed by atoms with Crippen LogP contribution in [0.15, 0.2) is 0 Å². The van der Waals surface area contributed by atoms with Gasteiger partial charge in [-0.3, -0.25) is 0 Å². The van der Waals surface area contributed by atoms with Crippen molar-refractivity contribution in [2.75, 3.05) is 20.3 Å². The molecule has 0 aliphatic carbocycles. The van der Waals surface area contributed by atoms with Crippen LogP contribution in [0.1, 0.15) is 59.8 Å². The fraction of sp³-hybridized carbons (Fsp3) is 1.00. The Morgan fingerprint density at radius 3 is 2.58 bits per heavy atom. The molecule has 1 N–H and O–H groups in total. The molecule has 0 spiro atoms. The monoisotopic (exact) mass is 271 g/mol. The first-order valence-electron chi connectivity index (χ1n) is 7.86. The number of rotatable bonds is 8. The van der Waals surface area contributed by atoms with E-state index in [2.05, 4.69) is 33.0 Å². The second kappa shape index (κ2) is 8.23. The van der Waals surface area contributed by atoms with E-state index in [1.54, 1.807) is 0 Å². The van der Waals surface area contributed by atoms with Crippen molar-refractivity contribution < 1.29 is 9.47 Å². The first kappa shape index (κ1) is 16.9. The second-order valence-corrected chi connectivity index (χ2v) is 6.80. The van der Waals surface area contributed by atoms with Gasteiger partial charge in [0.15, 0.2) is 0 Å². The van der Waals surface area contributed by atoms with Gasteiger partial charge in [0.05, 0.1) is 12.2 Å². The lowest BCUT2D eigenvalue weighted by molar-refractivity contribution is -0.0170. The van der Waals surface area contributed by atoms with Crippen molar-refractivity contribution >= 4 is 0 Å². The van der Waals surface area contributed by atoms with E-state index in [0.29, 0.717) is 12.1 Å². The predicted molar refractivity (Wildman–Crippen MR) is 80.5 cm³/mol. The maximum Gasteiger partial charge on any atom is 0.0772 e. The Labute approximate surface area is 119 Å². The van der Waals surface area contributed by atoms with Crippen LogP contribution in [0.4, 0.5) is 0 Å². The van der Waals surface area contributed by atoms with Gasteiger partial charge >= 0.3 is 0 Å². The molecule has 0 radical (unpaired) electrons. The van der Waals surface area contributed by atoms with Crippen molar-refractivity contribution in [2.24, 2.45) is 5.41 Å². The van der Waals surface area contributed by atoms with Gasteiger partial charge in [0.25, 0.3) is 0 Å². The minimum Gasteiger partial charge on any atom is -0.379 e. The number of hydrogen-bond donors (Lipinski definition) is 1. The van der Waals surface area contributed by atoms with E-state index in [4.69, 9.17) is 9.47 Å². The Balaban J connectivity index is 2.52. The summed E-state index contributed by atoms with van der Waals surface area (Å²) in [7, 11) is 1.84. The average molecular weight is 271 g/mol. The van der Waals surface area contributed by atoms with Gasteiger partial charge in [0, 0.05) is 19.8 Å². The molecule has 114 valence electrons. The van der Waals surface area contributed by atoms with Crippen LogP contribution < -0.4 is 5.32 Å². The van der Waals surface area contributed by atoms with E-state index in [-0.39, 0.29) is 11.5 Å². The first-order chi connectivity index (χ1) is 8.99. The fourth-order valence-corrected chi connectivity index (χ4v) is 3.05. The molecule has 19 heavy (non-hydrogen) atoms. The summed E-state index contributed by atoms with van der Waals surface area (Å²) in [6, 6.07) is 0.425. The second-order valence-electron chi connectivity index (χ2n) is 6.80. The topological polar surface area (TPSA) is 30.5 Å². The molecule has 3 heteroatoms. The van der Waals surface area contributed by atoms with Crippen LogP contribution in [0.5, 0.6) is 0 Å². The molecule has 3 atom stereocenters. The summed E-state index contributed by atoms with van der Waals surface area (Å²) in [5, 5.41) is 3.67. The molecule has 0 aromatic carbocycles. The molecule has 1 heterocycles. The third-order valence-electron chi connectivity index (χ3n) is 3.95. The van der Waals surface area contributed by atoms with E-state index in [1.165, 1.54) is 12.8 Å². The fourth-order valence-electron chi connectivity index (χ4n) is 3.05. The molecule has 0 bridgehead atoms. The van der Waals surface area contributed by atoms with Gasteiger partial charge in [-0.25, -0.2) is 0 Å². The number of methoxy groups -OCH3 is 1. The molecule has 1 aliphatic heterocycles. The van der Waals surface area contributed by atoms with Crippen LogP contribution in [0, 0.1) is 5.41 Å². The van der Waals surface area contributed by atoms with Crippen molar-refractivity contribution in [1.82, 2.24) is 5.32 Å². The van der Waals surface area contributed by atoms with Crippen LogP contribution in [0.3, 0.4) is 0 Å². The van der Waals surface area contributed by atoms with Crippen LogP contribution in [-0.2, 0) is 9.47 Å². The highest BCUT2D eigenvalue weighted by atomic mass is 16.5. The summed E-state index contributed by atoms with van der Waals surface area (Å²) in [6.45, 7) is 11.0. The lowest BCUT2D eigenvalue weighted by Crippen LogP contribution is -2.48. The van der Waals surface area contributed by atoms with Crippen molar-refractivity contribution in [3.63, 3.8) is 0 Å². The van der Waals surface area contributed by atoms with Crippen molar-refractivity contribution in [3.8, 4) is 0 Å². The molecule has 0 amide bonds. The molecule has 1 rings (SSSR count). The normalized spacial score (nSPS) is 23.5. The summed E-state index contributed by atoms with van der Waals surface area (Å²) in [5.41, 5.74) is 0.163. The maximum absolute atomic E-state index is 5.79. The molecular formula is C16H33NO2. The molecule has 0 aromatic rings. The smallest absolute Gasteiger partial charge is 0.0772 e. The SMILES string of the molecule is CCCNC(CCC1CCCO1)C(OC)C(C)(C)C. The highest BCUT2D eigenvalue weighted by Gasteiger charge is 2.32. The van der Waals surface area contributed by atoms with E-state index in [1.807, 2.05) is 7.11 Å². The maximum atomic E-state index is 5.79. The Morgan fingerprint density at radius 2 is 2.11 bits per heavy atom. The lowest BCUT2D eigenvalue weighted by Gasteiger charge is -2.37. The Kier molecular flexibility index (Phi) is 7.33. The molecule has 3 unspecified atom stereocenters. The van der Waals surface area contributed by atoms with E-state index in [0.717, 1.165) is 32.4 Å². The minimum atomic E-state index is 0.163. The van der Waals surface area contributed by atoms with Crippen LogP contribution in [-0.4, -0.2) is 38.5 Å². The van der Waals surface area contributed by atoms with Crippen LogP contribution >= 0.6 is 0 Å². The number of ether oxygens (including phenoxy) is 2. The third kappa shape index (κ3) is 5.80. The first-order valence-corrected chi connectivity index (χ1v) is 7.86. The molecule has 1 fully saturated rings. The Bertz CT molecular complexity index is 231. The van der Waals surface area contributed by atoms with Crippen molar-refractivity contribution in [3.05, 3.63) is 0 Å². The zero-order valence-electron chi connectivity index (χ0n) is 13.5. The highest BCUT2D eigenvalue weighted by Crippen LogP contribution is 2.28. The van der Waals surface area contributed by atoms with Gasteiger partial charge in [0.2, 0.25) is 0 Å². The van der Waals surface area contributed by atoms with Gasteiger partial charge in [-0.1, -0.05) is 27.7 Å². The van der Waals surface area contributed by atoms with E-state index in [9.17, 15) is 0 Å². The van der Waals surface area contributed by atoms with Crippen molar-refractivity contribution in [2.45, 2.75) is 78.0 Å². The van der Waals surface area contributed by atoms with Gasteiger partial charge in [0.1, 0.15) is 0 Å². The molecule has 1 aliphatic rings. The summed E-state index contributed by atoms with van der Waals surface area (Å²) in [6.07, 6.45) is 6.64. The third-order valence-corrected chi connectivity index (χ3v) is 3.95. The number of hydrogen-bond acceptors (Lipinski definition) is 3. The van der Waals surface area contributed by atoms with Crippen molar-refractivity contribution in [1.29, 1.82) is 0 Å². The lowest BCUT2D eigenvalue weighted by atomic mass is 9.82. The minimum absolute atomic E-state index is 0.163. The predicted octanol–water partition coefficient (Wildman–Crippen LogP) is 3.37. The van der Waals surface area contributed by atoms with E-state index < -0.39 is 0 Å². The Hall–Kier alpha value is -0.120. The van der Waals surface area contributed by atoms with Crippen LogP contribution in [0.2, 0.25) is 0 Å². The van der Waals surface area contributed by atoms with Gasteiger partial charge in [-0.15, -0.1) is 0 Å². The van der Waals surface area contributed by atoms with Crippen LogP contribution in [0.25, 0.3) is 0 Å². The standard InChI is InChI=1S/C16H33NO2/c1-6-11-17-14(15(18-5)16(2,3)4)10-9-13-8-7-12-19-13/h13-15,17H,6-12H2,1-5H3. The zero-order valence-corrected chi connectivity index (χ0v) is 13.5. The van der Waals surface area contributed by atoms with Gasteiger partial charge < -0.3 is 14.8 Å². The molecule has 0 saturated carbocycles. The highest BCUT2D eigenvalue weighted by molar-refractivity contribution is 4.87. The van der Waals surface area contributed by atoms with E-state index >= 15 is 0 Å². The molecule has 3 nitrogen and oxygen atoms in total. The largest absolute Gasteiger partial charge is 0.379 e.